The summed E-state index contributed by atoms with van der Waals surface area (Å²) in [5.41, 5.74) is 1.24. The molecule has 5 heteroatoms. The smallest absolute Gasteiger partial charge is 0.251 e. The molecular formula is C16H19N3O2. The third-order valence-corrected chi connectivity index (χ3v) is 3.95. The highest BCUT2D eigenvalue weighted by Gasteiger charge is 2.19. The monoisotopic (exact) mass is 285 g/mol. The topological polar surface area (TPSA) is 65.2 Å². The van der Waals surface area contributed by atoms with Gasteiger partial charge in [0.25, 0.3) is 5.91 Å². The summed E-state index contributed by atoms with van der Waals surface area (Å²) in [6.07, 6.45) is 2.14. The molecular weight excluding hydrogens is 266 g/mol. The molecule has 0 radical (unpaired) electrons. The van der Waals surface area contributed by atoms with Gasteiger partial charge in [-0.1, -0.05) is 0 Å². The Morgan fingerprint density at radius 1 is 1.33 bits per heavy atom. The summed E-state index contributed by atoms with van der Waals surface area (Å²) >= 11 is 0. The van der Waals surface area contributed by atoms with Gasteiger partial charge in [0.15, 0.2) is 0 Å². The zero-order valence-corrected chi connectivity index (χ0v) is 12.1. The number of nitrogens with one attached hydrogen (secondary N) is 2. The van der Waals surface area contributed by atoms with E-state index in [2.05, 4.69) is 22.2 Å². The number of carbonyl (C=O) groups is 1. The van der Waals surface area contributed by atoms with Crippen molar-refractivity contribution in [2.24, 2.45) is 0 Å². The summed E-state index contributed by atoms with van der Waals surface area (Å²) in [6, 6.07) is 8.76. The van der Waals surface area contributed by atoms with Crippen LogP contribution in [0.25, 0.3) is 10.9 Å². The Bertz CT molecular complexity index is 723. The van der Waals surface area contributed by atoms with Gasteiger partial charge in [-0.3, -0.25) is 9.59 Å². The second-order valence-corrected chi connectivity index (χ2v) is 5.70. The zero-order valence-electron chi connectivity index (χ0n) is 12.1. The maximum atomic E-state index is 12.3. The molecule has 1 aromatic carbocycles. The lowest BCUT2D eigenvalue weighted by atomic mass is 10.1. The van der Waals surface area contributed by atoms with Gasteiger partial charge in [-0.05, 0) is 56.1 Å². The minimum Gasteiger partial charge on any atom is -0.348 e. The number of amides is 1. The molecule has 0 bridgehead atoms. The number of hydrogen-bond donors (Lipinski definition) is 2. The number of carbonyl (C=O) groups excluding carboxylic acids is 1. The average Bonchev–Trinajstić information content (AvgIpc) is 2.46. The number of hydrogen-bond acceptors (Lipinski definition) is 3. The molecule has 5 nitrogen and oxygen atoms in total. The Balaban J connectivity index is 1.78. The molecule has 0 saturated carbocycles. The largest absolute Gasteiger partial charge is 0.348 e. The molecule has 110 valence electrons. The molecule has 1 atom stereocenters. The molecule has 1 aliphatic heterocycles. The van der Waals surface area contributed by atoms with Crippen LogP contribution in [0.5, 0.6) is 0 Å². The second kappa shape index (κ2) is 5.69. The normalized spacial score (nSPS) is 19.6. The van der Waals surface area contributed by atoms with E-state index in [-0.39, 0.29) is 17.5 Å². The molecule has 21 heavy (non-hydrogen) atoms. The van der Waals surface area contributed by atoms with E-state index >= 15 is 0 Å². The lowest BCUT2D eigenvalue weighted by molar-refractivity contribution is 0.0912. The first-order chi connectivity index (χ1) is 10.1. The Hall–Kier alpha value is -2.14. The molecule has 2 aromatic rings. The van der Waals surface area contributed by atoms with Gasteiger partial charge in [0.05, 0.1) is 0 Å². The molecule has 0 unspecified atom stereocenters. The predicted molar refractivity (Wildman–Crippen MR) is 82.6 cm³/mol. The zero-order chi connectivity index (χ0) is 14.8. The predicted octanol–water partition coefficient (Wildman–Crippen LogP) is 1.35. The Labute approximate surface area is 123 Å². The Morgan fingerprint density at radius 3 is 3.00 bits per heavy atom. The quantitative estimate of drug-likeness (QED) is 0.875. The van der Waals surface area contributed by atoms with Crippen LogP contribution in [0.1, 0.15) is 23.2 Å². The fraction of sp³-hybridized carbons (Fsp3) is 0.375. The van der Waals surface area contributed by atoms with Gasteiger partial charge in [0.2, 0.25) is 5.56 Å². The van der Waals surface area contributed by atoms with Crippen molar-refractivity contribution in [3.63, 3.8) is 0 Å². The number of rotatable bonds is 2. The van der Waals surface area contributed by atoms with E-state index < -0.39 is 0 Å². The number of pyridine rings is 1. The van der Waals surface area contributed by atoms with Gasteiger partial charge in [-0.15, -0.1) is 0 Å². The fourth-order valence-electron chi connectivity index (χ4n) is 2.85. The number of likely N-dealkylation sites (N-methyl/N-ethyl adjacent to an activating group) is 1. The van der Waals surface area contributed by atoms with Gasteiger partial charge >= 0.3 is 0 Å². The van der Waals surface area contributed by atoms with Crippen LogP contribution in [0, 0.1) is 0 Å². The second-order valence-electron chi connectivity index (χ2n) is 5.70. The molecule has 0 spiro atoms. The van der Waals surface area contributed by atoms with Crippen molar-refractivity contribution in [1.82, 2.24) is 15.2 Å². The van der Waals surface area contributed by atoms with Crippen molar-refractivity contribution < 1.29 is 4.79 Å². The van der Waals surface area contributed by atoms with Crippen molar-refractivity contribution >= 4 is 16.8 Å². The van der Waals surface area contributed by atoms with Crippen LogP contribution < -0.4 is 10.9 Å². The molecule has 2 N–H and O–H groups in total. The van der Waals surface area contributed by atoms with Crippen LogP contribution in [0.15, 0.2) is 35.1 Å². The average molecular weight is 285 g/mol. The maximum Gasteiger partial charge on any atom is 0.251 e. The minimum absolute atomic E-state index is 0.0524. The molecule has 1 fully saturated rings. The number of nitrogens with zero attached hydrogens (tertiary/aromatic N) is 1. The highest BCUT2D eigenvalue weighted by molar-refractivity contribution is 5.98. The van der Waals surface area contributed by atoms with Crippen LogP contribution in [0.3, 0.4) is 0 Å². The number of aromatic nitrogens is 1. The maximum absolute atomic E-state index is 12.3. The number of benzene rings is 1. The van der Waals surface area contributed by atoms with Crippen molar-refractivity contribution in [1.29, 1.82) is 0 Å². The van der Waals surface area contributed by atoms with Crippen molar-refractivity contribution in [2.75, 3.05) is 20.1 Å². The van der Waals surface area contributed by atoms with Crippen molar-refractivity contribution in [3.05, 3.63) is 46.2 Å². The van der Waals surface area contributed by atoms with Crippen molar-refractivity contribution in [3.8, 4) is 0 Å². The van der Waals surface area contributed by atoms with Crippen LogP contribution in [-0.4, -0.2) is 42.0 Å². The van der Waals surface area contributed by atoms with E-state index in [4.69, 9.17) is 0 Å². The highest BCUT2D eigenvalue weighted by atomic mass is 16.1. The number of likely N-dealkylation sites (tertiary alicyclic amines) is 1. The summed E-state index contributed by atoms with van der Waals surface area (Å²) in [5.74, 6) is -0.0524. The Kier molecular flexibility index (Phi) is 3.75. The number of H-pyrrole nitrogens is 1. The third-order valence-electron chi connectivity index (χ3n) is 3.95. The standard InChI is InChI=1S/C16H19N3O2/c1-19-8-2-3-13(10-19)17-16(21)12-4-6-14-11(9-12)5-7-15(20)18-14/h4-7,9,13H,2-3,8,10H2,1H3,(H,17,21)(H,18,20)/t13-/m1/s1. The van der Waals surface area contributed by atoms with Crippen LogP contribution in [0.2, 0.25) is 0 Å². The number of piperidine rings is 1. The molecule has 1 amide bonds. The van der Waals surface area contributed by atoms with E-state index in [0.717, 1.165) is 36.8 Å². The minimum atomic E-state index is -0.134. The number of aromatic amines is 1. The summed E-state index contributed by atoms with van der Waals surface area (Å²) in [6.45, 7) is 1.99. The first-order valence-electron chi connectivity index (χ1n) is 7.24. The molecule has 3 rings (SSSR count). The summed E-state index contributed by atoms with van der Waals surface area (Å²) < 4.78 is 0. The van der Waals surface area contributed by atoms with Crippen LogP contribution >= 0.6 is 0 Å². The molecule has 1 aliphatic rings. The summed E-state index contributed by atoms with van der Waals surface area (Å²) in [5, 5.41) is 3.95. The molecule has 1 saturated heterocycles. The highest BCUT2D eigenvalue weighted by Crippen LogP contribution is 2.13. The van der Waals surface area contributed by atoms with E-state index in [1.54, 1.807) is 18.2 Å². The van der Waals surface area contributed by atoms with Gasteiger partial charge in [-0.25, -0.2) is 0 Å². The van der Waals surface area contributed by atoms with Gasteiger partial charge in [0.1, 0.15) is 0 Å². The van der Waals surface area contributed by atoms with Crippen molar-refractivity contribution in [2.45, 2.75) is 18.9 Å². The van der Waals surface area contributed by atoms with Gasteiger partial charge in [0, 0.05) is 29.7 Å². The fourth-order valence-corrected chi connectivity index (χ4v) is 2.85. The van der Waals surface area contributed by atoms with E-state index in [1.165, 1.54) is 6.07 Å². The first kappa shape index (κ1) is 13.8. The van der Waals surface area contributed by atoms with E-state index in [0.29, 0.717) is 5.56 Å². The molecule has 0 aliphatic carbocycles. The lowest BCUT2D eigenvalue weighted by Crippen LogP contribution is -2.46. The van der Waals surface area contributed by atoms with E-state index in [9.17, 15) is 9.59 Å². The molecule has 1 aromatic heterocycles. The third kappa shape index (κ3) is 3.13. The van der Waals surface area contributed by atoms with Crippen LogP contribution in [-0.2, 0) is 0 Å². The summed E-state index contributed by atoms with van der Waals surface area (Å²) in [4.78, 5) is 28.6. The SMILES string of the molecule is CN1CCC[C@@H](NC(=O)c2ccc3[nH]c(=O)ccc3c2)C1. The van der Waals surface area contributed by atoms with E-state index in [1.807, 2.05) is 6.07 Å². The van der Waals surface area contributed by atoms with Crippen LogP contribution in [0.4, 0.5) is 0 Å². The Morgan fingerprint density at radius 2 is 2.19 bits per heavy atom. The summed E-state index contributed by atoms with van der Waals surface area (Å²) in [7, 11) is 2.07. The number of fused-ring (bicyclic) bond motifs is 1. The molecule has 2 heterocycles. The van der Waals surface area contributed by atoms with Gasteiger partial charge < -0.3 is 15.2 Å². The lowest BCUT2D eigenvalue weighted by Gasteiger charge is -2.30. The first-order valence-corrected chi connectivity index (χ1v) is 7.24. The van der Waals surface area contributed by atoms with Gasteiger partial charge in [-0.2, -0.15) is 0 Å².